The molecule has 1 aliphatic heterocycles. The van der Waals surface area contributed by atoms with Crippen LogP contribution in [0.25, 0.3) is 16.6 Å². The molecule has 0 bridgehead atoms. The number of benzene rings is 1. The summed E-state index contributed by atoms with van der Waals surface area (Å²) in [4.78, 5) is 32.7. The first-order valence-corrected chi connectivity index (χ1v) is 12.0. The van der Waals surface area contributed by atoms with Gasteiger partial charge in [0.15, 0.2) is 5.82 Å². The lowest BCUT2D eigenvalue weighted by Gasteiger charge is -2.29. The number of carboxylic acid groups (broad SMARTS) is 1. The number of piperidine rings is 1. The molecule has 1 saturated heterocycles. The number of halogens is 4. The molecule has 1 aliphatic rings. The molecule has 11 nitrogen and oxygen atoms in total. The van der Waals surface area contributed by atoms with Crippen molar-refractivity contribution in [3.8, 4) is 11.1 Å². The van der Waals surface area contributed by atoms with Crippen LogP contribution in [0.3, 0.4) is 0 Å². The zero-order valence-electron chi connectivity index (χ0n) is 20.6. The summed E-state index contributed by atoms with van der Waals surface area (Å²) in [7, 11) is 0. The number of carbonyl (C=O) groups is 2. The summed E-state index contributed by atoms with van der Waals surface area (Å²) >= 11 is 0. The quantitative estimate of drug-likeness (QED) is 0.257. The van der Waals surface area contributed by atoms with Crippen LogP contribution in [0.2, 0.25) is 0 Å². The molecule has 1 aromatic carbocycles. The Morgan fingerprint density at radius 2 is 1.80 bits per heavy atom. The second-order valence-electron chi connectivity index (χ2n) is 9.13. The minimum absolute atomic E-state index is 0.0231. The van der Waals surface area contributed by atoms with Crippen molar-refractivity contribution in [1.82, 2.24) is 24.5 Å². The number of nitrogens with one attached hydrogen (secondary N) is 2. The summed E-state index contributed by atoms with van der Waals surface area (Å²) in [6.07, 6.45) is -2.27. The lowest BCUT2D eigenvalue weighted by Crippen LogP contribution is -2.37. The standard InChI is InChI=1S/C25H22F4N8O3/c26-17-9-14(1-2-18(17)34-23(38)35-20-10-15(3-6-31-20)25(27,28)29)16-11-19(37-21(16)22(30)32-12-33-37)13-4-7-36(8-5-13)24(39)40/h1-3,6,9-13H,4-5,7-8H2,(H,39,40)(H2,30,32,33)(H2,31,34,35,38). The molecule has 0 aliphatic carbocycles. The molecule has 15 heteroatoms. The highest BCUT2D eigenvalue weighted by Gasteiger charge is 2.31. The summed E-state index contributed by atoms with van der Waals surface area (Å²) in [5.41, 5.74) is 7.11. The molecule has 5 rings (SSSR count). The molecule has 3 amide bonds. The van der Waals surface area contributed by atoms with Crippen molar-refractivity contribution < 1.29 is 32.3 Å². The maximum absolute atomic E-state index is 15.1. The van der Waals surface area contributed by atoms with Crippen LogP contribution in [0.5, 0.6) is 0 Å². The fourth-order valence-corrected chi connectivity index (χ4v) is 4.70. The number of fused-ring (bicyclic) bond motifs is 1. The van der Waals surface area contributed by atoms with Crippen LogP contribution in [0.1, 0.15) is 30.0 Å². The van der Waals surface area contributed by atoms with Gasteiger partial charge >= 0.3 is 18.3 Å². The SMILES string of the molecule is Nc1ncnn2c(C3CCN(C(=O)O)CC3)cc(-c3ccc(NC(=O)Nc4cc(C(F)(F)F)ccn4)c(F)c3)c12. The molecule has 208 valence electrons. The number of alkyl halides is 3. The molecule has 5 N–H and O–H groups in total. The van der Waals surface area contributed by atoms with E-state index < -0.39 is 29.7 Å². The van der Waals surface area contributed by atoms with Gasteiger partial charge in [-0.25, -0.2) is 28.5 Å². The van der Waals surface area contributed by atoms with Crippen molar-refractivity contribution in [2.24, 2.45) is 0 Å². The van der Waals surface area contributed by atoms with Crippen LogP contribution in [-0.2, 0) is 6.18 Å². The number of anilines is 3. The number of aromatic nitrogens is 4. The fraction of sp³-hybridized carbons (Fsp3) is 0.240. The highest BCUT2D eigenvalue weighted by Crippen LogP contribution is 2.37. The molecule has 0 unspecified atom stereocenters. The molecule has 0 spiro atoms. The summed E-state index contributed by atoms with van der Waals surface area (Å²) in [6, 6.07) is 6.27. The van der Waals surface area contributed by atoms with Crippen molar-refractivity contribution in [2.75, 3.05) is 29.5 Å². The van der Waals surface area contributed by atoms with E-state index >= 15 is 4.39 Å². The van der Waals surface area contributed by atoms with Gasteiger partial charge in [-0.05, 0) is 48.7 Å². The highest BCUT2D eigenvalue weighted by atomic mass is 19.4. The molecule has 0 atom stereocenters. The van der Waals surface area contributed by atoms with E-state index in [-0.39, 0.29) is 23.2 Å². The number of nitrogens with zero attached hydrogens (tertiary/aromatic N) is 5. The monoisotopic (exact) mass is 558 g/mol. The minimum Gasteiger partial charge on any atom is -0.465 e. The second-order valence-corrected chi connectivity index (χ2v) is 9.13. The minimum atomic E-state index is -4.62. The average Bonchev–Trinajstić information content (AvgIpc) is 3.30. The number of nitrogen functional groups attached to an aromatic ring is 1. The van der Waals surface area contributed by atoms with Crippen LogP contribution in [0.15, 0.2) is 48.9 Å². The highest BCUT2D eigenvalue weighted by molar-refractivity contribution is 5.99. The van der Waals surface area contributed by atoms with Crippen LogP contribution >= 0.6 is 0 Å². The van der Waals surface area contributed by atoms with E-state index in [0.29, 0.717) is 48.6 Å². The number of likely N-dealkylation sites (tertiary alicyclic amines) is 1. The Labute approximate surface area is 223 Å². The van der Waals surface area contributed by atoms with Gasteiger partial charge in [0.05, 0.1) is 11.3 Å². The van der Waals surface area contributed by atoms with E-state index in [4.69, 9.17) is 5.73 Å². The van der Waals surface area contributed by atoms with Gasteiger partial charge in [0.1, 0.15) is 23.5 Å². The summed E-state index contributed by atoms with van der Waals surface area (Å²) in [6.45, 7) is 0.715. The third kappa shape index (κ3) is 5.30. The Morgan fingerprint density at radius 1 is 1.05 bits per heavy atom. The average molecular weight is 558 g/mol. The van der Waals surface area contributed by atoms with E-state index in [0.717, 1.165) is 18.0 Å². The number of nitrogens with two attached hydrogens (primary N) is 1. The Hall–Kier alpha value is -4.95. The van der Waals surface area contributed by atoms with Crippen LogP contribution in [-0.4, -0.2) is 54.8 Å². The molecule has 4 aromatic rings. The number of carbonyl (C=O) groups excluding carboxylic acids is 1. The molecule has 40 heavy (non-hydrogen) atoms. The first kappa shape index (κ1) is 26.6. The van der Waals surface area contributed by atoms with Crippen LogP contribution < -0.4 is 16.4 Å². The Bertz CT molecular complexity index is 1600. The van der Waals surface area contributed by atoms with E-state index in [9.17, 15) is 27.9 Å². The predicted octanol–water partition coefficient (Wildman–Crippen LogP) is 5.03. The van der Waals surface area contributed by atoms with Crippen molar-refractivity contribution >= 4 is 35.0 Å². The van der Waals surface area contributed by atoms with E-state index in [1.807, 2.05) is 6.07 Å². The number of rotatable bonds is 4. The van der Waals surface area contributed by atoms with Gasteiger partial charge in [0.25, 0.3) is 0 Å². The van der Waals surface area contributed by atoms with Gasteiger partial charge in [-0.3, -0.25) is 5.32 Å². The smallest absolute Gasteiger partial charge is 0.416 e. The van der Waals surface area contributed by atoms with Crippen molar-refractivity contribution in [3.63, 3.8) is 0 Å². The van der Waals surface area contributed by atoms with Gasteiger partial charge in [0, 0.05) is 36.5 Å². The van der Waals surface area contributed by atoms with Gasteiger partial charge in [-0.1, -0.05) is 6.07 Å². The normalized spacial score (nSPS) is 14.3. The largest absolute Gasteiger partial charge is 0.465 e. The van der Waals surface area contributed by atoms with Crippen LogP contribution in [0, 0.1) is 5.82 Å². The molecule has 0 saturated carbocycles. The van der Waals surface area contributed by atoms with Crippen molar-refractivity contribution in [3.05, 3.63) is 66.0 Å². The molecule has 4 heterocycles. The summed E-state index contributed by atoms with van der Waals surface area (Å²) in [5, 5.41) is 18.0. The zero-order valence-corrected chi connectivity index (χ0v) is 20.6. The molecular weight excluding hydrogens is 536 g/mol. The number of pyridine rings is 1. The third-order valence-electron chi connectivity index (χ3n) is 6.65. The van der Waals surface area contributed by atoms with Gasteiger partial charge in [0.2, 0.25) is 0 Å². The Kier molecular flexibility index (Phi) is 6.87. The van der Waals surface area contributed by atoms with E-state index in [1.54, 1.807) is 10.6 Å². The fourth-order valence-electron chi connectivity index (χ4n) is 4.70. The van der Waals surface area contributed by atoms with E-state index in [1.165, 1.54) is 23.4 Å². The molecular formula is C25H22F4N8O3. The van der Waals surface area contributed by atoms with Gasteiger partial charge < -0.3 is 21.1 Å². The second kappa shape index (κ2) is 10.3. The molecule has 3 aromatic heterocycles. The van der Waals surface area contributed by atoms with Crippen molar-refractivity contribution in [1.29, 1.82) is 0 Å². The lowest BCUT2D eigenvalue weighted by molar-refractivity contribution is -0.137. The number of hydrogen-bond acceptors (Lipinski definition) is 6. The first-order valence-electron chi connectivity index (χ1n) is 12.0. The third-order valence-corrected chi connectivity index (χ3v) is 6.65. The zero-order chi connectivity index (χ0) is 28.6. The first-order chi connectivity index (χ1) is 19.0. The molecule has 1 fully saturated rings. The van der Waals surface area contributed by atoms with Crippen molar-refractivity contribution in [2.45, 2.75) is 24.9 Å². The summed E-state index contributed by atoms with van der Waals surface area (Å²) < 4.78 is 55.5. The van der Waals surface area contributed by atoms with Crippen LogP contribution in [0.4, 0.5) is 44.5 Å². The molecule has 0 radical (unpaired) electrons. The maximum Gasteiger partial charge on any atom is 0.416 e. The predicted molar refractivity (Wildman–Crippen MR) is 136 cm³/mol. The Balaban J connectivity index is 1.38. The van der Waals surface area contributed by atoms with Gasteiger partial charge in [-0.2, -0.15) is 18.3 Å². The number of hydrogen-bond donors (Lipinski definition) is 4. The van der Waals surface area contributed by atoms with Gasteiger partial charge in [-0.15, -0.1) is 0 Å². The maximum atomic E-state index is 15.1. The summed E-state index contributed by atoms with van der Waals surface area (Å²) in [5.74, 6) is -1.03. The number of amides is 3. The Morgan fingerprint density at radius 3 is 2.48 bits per heavy atom. The van der Waals surface area contributed by atoms with E-state index in [2.05, 4.69) is 25.7 Å². The lowest BCUT2D eigenvalue weighted by atomic mass is 9.93. The number of urea groups is 1. The topological polar surface area (TPSA) is 151 Å².